The highest BCUT2D eigenvalue weighted by Gasteiger charge is 2.11. The van der Waals surface area contributed by atoms with Gasteiger partial charge >= 0.3 is 0 Å². The van der Waals surface area contributed by atoms with E-state index >= 15 is 0 Å². The smallest absolute Gasteiger partial charge is 0.226 e. The molecule has 92 valence electrons. The van der Waals surface area contributed by atoms with Crippen LogP contribution in [0.1, 0.15) is 24.7 Å². The second-order valence-corrected chi connectivity index (χ2v) is 4.29. The molecule has 1 aromatic rings. The highest BCUT2D eigenvalue weighted by molar-refractivity contribution is 5.34. The Morgan fingerprint density at radius 3 is 2.94 bits per heavy atom. The molecule has 0 saturated heterocycles. The molecule has 0 aromatic carbocycles. The predicted octanol–water partition coefficient (Wildman–Crippen LogP) is 1.66. The molecule has 0 fully saturated rings. The van der Waals surface area contributed by atoms with Crippen molar-refractivity contribution in [1.82, 2.24) is 15.3 Å². The van der Waals surface area contributed by atoms with Gasteiger partial charge in [-0.2, -0.15) is 0 Å². The molecule has 0 unspecified atom stereocenters. The van der Waals surface area contributed by atoms with E-state index in [1.165, 1.54) is 0 Å². The number of aryl methyl sites for hydroxylation is 1. The fraction of sp³-hybridized carbons (Fsp3) is 0.538. The van der Waals surface area contributed by atoms with Gasteiger partial charge in [-0.05, 0) is 26.0 Å². The molecule has 1 aromatic heterocycles. The Bertz CT molecular complexity index is 400. The van der Waals surface area contributed by atoms with E-state index in [9.17, 15) is 0 Å². The van der Waals surface area contributed by atoms with Gasteiger partial charge in [0.05, 0.1) is 5.69 Å². The van der Waals surface area contributed by atoms with Gasteiger partial charge in [0.25, 0.3) is 0 Å². The van der Waals surface area contributed by atoms with Crippen LogP contribution in [0.5, 0.6) is 0 Å². The molecule has 0 atom stereocenters. The van der Waals surface area contributed by atoms with Gasteiger partial charge in [-0.25, -0.2) is 9.97 Å². The Hall–Kier alpha value is -1.42. The summed E-state index contributed by atoms with van der Waals surface area (Å²) in [5, 5.41) is 3.30. The largest absolute Gasteiger partial charge is 0.337 e. The maximum absolute atomic E-state index is 4.61. The molecular formula is C13H20N4. The highest BCUT2D eigenvalue weighted by atomic mass is 15.2. The number of hydrogen-bond donors (Lipinski definition) is 1. The summed E-state index contributed by atoms with van der Waals surface area (Å²) in [5.41, 5.74) is 2.11. The average molecular weight is 232 g/mol. The zero-order valence-corrected chi connectivity index (χ0v) is 10.6. The van der Waals surface area contributed by atoms with Gasteiger partial charge in [0.2, 0.25) is 5.95 Å². The molecule has 0 saturated carbocycles. The van der Waals surface area contributed by atoms with Gasteiger partial charge < -0.3 is 10.2 Å². The summed E-state index contributed by atoms with van der Waals surface area (Å²) in [5.74, 6) is 0.863. The Balaban J connectivity index is 2.15. The molecule has 0 spiro atoms. The Morgan fingerprint density at radius 2 is 2.24 bits per heavy atom. The summed E-state index contributed by atoms with van der Waals surface area (Å²) in [6.45, 7) is 7.84. The molecule has 0 aliphatic carbocycles. The van der Waals surface area contributed by atoms with Crippen molar-refractivity contribution in [2.45, 2.75) is 26.8 Å². The van der Waals surface area contributed by atoms with Gasteiger partial charge in [0.1, 0.15) is 0 Å². The van der Waals surface area contributed by atoms with Crippen LogP contribution >= 0.6 is 0 Å². The topological polar surface area (TPSA) is 41.1 Å². The molecular weight excluding hydrogens is 212 g/mol. The SMILES string of the molecule is CCNCc1cc(C)nc(N2CC=CCC2)n1. The van der Waals surface area contributed by atoms with Crippen molar-refractivity contribution in [2.24, 2.45) is 0 Å². The highest BCUT2D eigenvalue weighted by Crippen LogP contribution is 2.13. The van der Waals surface area contributed by atoms with E-state index in [0.29, 0.717) is 0 Å². The minimum atomic E-state index is 0.816. The summed E-state index contributed by atoms with van der Waals surface area (Å²) < 4.78 is 0. The van der Waals surface area contributed by atoms with Crippen LogP contribution in [0, 0.1) is 6.92 Å². The van der Waals surface area contributed by atoms with E-state index in [1.54, 1.807) is 0 Å². The van der Waals surface area contributed by atoms with Crippen molar-refractivity contribution >= 4 is 5.95 Å². The van der Waals surface area contributed by atoms with Crippen LogP contribution in [0.15, 0.2) is 18.2 Å². The van der Waals surface area contributed by atoms with Gasteiger partial charge in [-0.1, -0.05) is 19.1 Å². The summed E-state index contributed by atoms with van der Waals surface area (Å²) in [4.78, 5) is 11.4. The van der Waals surface area contributed by atoms with Crippen LogP contribution in [0.25, 0.3) is 0 Å². The normalized spacial score (nSPS) is 15.3. The van der Waals surface area contributed by atoms with Crippen LogP contribution in [0.4, 0.5) is 5.95 Å². The van der Waals surface area contributed by atoms with Crippen LogP contribution in [0.3, 0.4) is 0 Å². The predicted molar refractivity (Wildman–Crippen MR) is 70.1 cm³/mol. The minimum absolute atomic E-state index is 0.816. The van der Waals surface area contributed by atoms with Gasteiger partial charge in [-0.15, -0.1) is 0 Å². The van der Waals surface area contributed by atoms with Gasteiger partial charge in [0.15, 0.2) is 0 Å². The van der Waals surface area contributed by atoms with Crippen molar-refractivity contribution in [1.29, 1.82) is 0 Å². The molecule has 1 aliphatic heterocycles. The fourth-order valence-electron chi connectivity index (χ4n) is 1.92. The zero-order valence-electron chi connectivity index (χ0n) is 10.6. The minimum Gasteiger partial charge on any atom is -0.337 e. The summed E-state index contributed by atoms with van der Waals surface area (Å²) in [6, 6.07) is 2.05. The number of nitrogens with one attached hydrogen (secondary N) is 1. The van der Waals surface area contributed by atoms with Crippen molar-refractivity contribution in [3.63, 3.8) is 0 Å². The molecule has 4 heteroatoms. The third kappa shape index (κ3) is 3.27. The number of aromatic nitrogens is 2. The maximum atomic E-state index is 4.61. The second-order valence-electron chi connectivity index (χ2n) is 4.29. The fourth-order valence-corrected chi connectivity index (χ4v) is 1.92. The maximum Gasteiger partial charge on any atom is 0.226 e. The standard InChI is InChI=1S/C13H20N4/c1-3-14-10-12-9-11(2)15-13(16-12)17-7-5-4-6-8-17/h4-5,9,14H,3,6-8,10H2,1-2H3. The Morgan fingerprint density at radius 1 is 1.35 bits per heavy atom. The second kappa shape index (κ2) is 5.77. The third-order valence-electron chi connectivity index (χ3n) is 2.79. The average Bonchev–Trinajstić information content (AvgIpc) is 2.37. The van der Waals surface area contributed by atoms with Crippen molar-refractivity contribution < 1.29 is 0 Å². The Kier molecular flexibility index (Phi) is 4.09. The van der Waals surface area contributed by atoms with E-state index in [2.05, 4.69) is 39.3 Å². The lowest BCUT2D eigenvalue weighted by Gasteiger charge is -2.23. The first-order chi connectivity index (χ1) is 8.29. The first kappa shape index (κ1) is 12.0. The van der Waals surface area contributed by atoms with Gasteiger partial charge in [-0.3, -0.25) is 0 Å². The van der Waals surface area contributed by atoms with Crippen molar-refractivity contribution in [3.8, 4) is 0 Å². The number of anilines is 1. The molecule has 1 N–H and O–H groups in total. The third-order valence-corrected chi connectivity index (χ3v) is 2.79. The molecule has 2 rings (SSSR count). The van der Waals surface area contributed by atoms with Crippen molar-refractivity contribution in [2.75, 3.05) is 24.5 Å². The number of nitrogens with zero attached hydrogens (tertiary/aromatic N) is 3. The molecule has 0 radical (unpaired) electrons. The first-order valence-corrected chi connectivity index (χ1v) is 6.25. The monoisotopic (exact) mass is 232 g/mol. The molecule has 1 aliphatic rings. The molecule has 4 nitrogen and oxygen atoms in total. The number of rotatable bonds is 4. The van der Waals surface area contributed by atoms with Crippen LogP contribution < -0.4 is 10.2 Å². The lowest BCUT2D eigenvalue weighted by atomic mass is 10.2. The zero-order chi connectivity index (χ0) is 12.1. The summed E-state index contributed by atoms with van der Waals surface area (Å²) in [6.07, 6.45) is 5.48. The molecule has 0 amide bonds. The molecule has 2 heterocycles. The van der Waals surface area contributed by atoms with E-state index in [1.807, 2.05) is 13.0 Å². The van der Waals surface area contributed by atoms with E-state index in [4.69, 9.17) is 0 Å². The van der Waals surface area contributed by atoms with Gasteiger partial charge in [0, 0.05) is 25.3 Å². The van der Waals surface area contributed by atoms with E-state index in [-0.39, 0.29) is 0 Å². The number of hydrogen-bond acceptors (Lipinski definition) is 4. The molecule has 17 heavy (non-hydrogen) atoms. The molecule has 0 bridgehead atoms. The summed E-state index contributed by atoms with van der Waals surface area (Å²) >= 11 is 0. The van der Waals surface area contributed by atoms with Crippen LogP contribution in [-0.2, 0) is 6.54 Å². The lowest BCUT2D eigenvalue weighted by Crippen LogP contribution is -2.29. The Labute approximate surface area is 103 Å². The van der Waals surface area contributed by atoms with Crippen molar-refractivity contribution in [3.05, 3.63) is 29.6 Å². The van der Waals surface area contributed by atoms with E-state index < -0.39 is 0 Å². The summed E-state index contributed by atoms with van der Waals surface area (Å²) in [7, 11) is 0. The van der Waals surface area contributed by atoms with E-state index in [0.717, 1.165) is 49.9 Å². The quantitative estimate of drug-likeness (QED) is 0.802. The van der Waals surface area contributed by atoms with Crippen LogP contribution in [-0.4, -0.2) is 29.6 Å². The van der Waals surface area contributed by atoms with Crippen LogP contribution in [0.2, 0.25) is 0 Å². The first-order valence-electron chi connectivity index (χ1n) is 6.25. The lowest BCUT2D eigenvalue weighted by molar-refractivity contribution is 0.699.